The van der Waals surface area contributed by atoms with Crippen molar-refractivity contribution >= 4 is 14.4 Å². The largest absolute Gasteiger partial charge is 0.494 e. The standard InChI is InChI=1S/C8H11N.C4H10O2P/c1-9(2)8-6-4-3-5-7-8;1-4(2)3-6-7-5/h3-7H,1-2H3;4,7H,3H2,1-2H3/q;+1. The highest BCUT2D eigenvalue weighted by Crippen LogP contribution is 2.07. The zero-order chi connectivity index (χ0) is 12.4. The molecule has 3 nitrogen and oxygen atoms in total. The molecule has 0 saturated heterocycles. The Labute approximate surface area is 99.7 Å². The Morgan fingerprint density at radius 3 is 2.06 bits per heavy atom. The van der Waals surface area contributed by atoms with E-state index in [0.29, 0.717) is 12.5 Å². The van der Waals surface area contributed by atoms with Crippen LogP contribution in [0.5, 0.6) is 0 Å². The molecule has 0 heterocycles. The van der Waals surface area contributed by atoms with Gasteiger partial charge in [0.1, 0.15) is 6.61 Å². The first-order valence-electron chi connectivity index (χ1n) is 5.29. The molecule has 0 saturated carbocycles. The lowest BCUT2D eigenvalue weighted by molar-refractivity contribution is 0.293. The van der Waals surface area contributed by atoms with Crippen LogP contribution in [0, 0.1) is 5.92 Å². The number of para-hydroxylation sites is 1. The van der Waals surface area contributed by atoms with Crippen LogP contribution in [0.1, 0.15) is 13.8 Å². The van der Waals surface area contributed by atoms with Gasteiger partial charge in [0.15, 0.2) is 0 Å². The number of rotatable bonds is 4. The second kappa shape index (κ2) is 9.32. The van der Waals surface area contributed by atoms with Crippen LogP contribution in [0.15, 0.2) is 30.3 Å². The van der Waals surface area contributed by atoms with Crippen molar-refractivity contribution in [2.24, 2.45) is 5.92 Å². The minimum Gasteiger partial charge on any atom is -0.378 e. The van der Waals surface area contributed by atoms with Crippen molar-refractivity contribution in [3.8, 4) is 0 Å². The summed E-state index contributed by atoms with van der Waals surface area (Å²) in [5.74, 6) is 0.487. The lowest BCUT2D eigenvalue weighted by Gasteiger charge is -2.10. The molecule has 0 bridgehead atoms. The van der Waals surface area contributed by atoms with Crippen LogP contribution in [-0.2, 0) is 9.09 Å². The Balaban J connectivity index is 0.000000293. The quantitative estimate of drug-likeness (QED) is 0.758. The minimum atomic E-state index is -0.599. The SMILES string of the molecule is CC(C)CO[PH+]=O.CN(C)c1ccccc1. The van der Waals surface area contributed by atoms with Crippen molar-refractivity contribution in [3.05, 3.63) is 30.3 Å². The summed E-state index contributed by atoms with van der Waals surface area (Å²) in [7, 11) is 3.47. The third-order valence-electron chi connectivity index (χ3n) is 1.75. The first kappa shape index (κ1) is 15.1. The summed E-state index contributed by atoms with van der Waals surface area (Å²) >= 11 is 0. The smallest absolute Gasteiger partial charge is 0.378 e. The maximum atomic E-state index is 9.64. The lowest BCUT2D eigenvalue weighted by Crippen LogP contribution is -2.07. The molecule has 4 heteroatoms. The lowest BCUT2D eigenvalue weighted by atomic mass is 10.2. The van der Waals surface area contributed by atoms with E-state index in [1.807, 2.05) is 46.1 Å². The van der Waals surface area contributed by atoms with Crippen LogP contribution < -0.4 is 4.90 Å². The molecule has 1 aromatic rings. The average molecular weight is 242 g/mol. The highest BCUT2D eigenvalue weighted by atomic mass is 31.1. The Kier molecular flexibility index (Phi) is 8.78. The van der Waals surface area contributed by atoms with Crippen LogP contribution in [0.4, 0.5) is 5.69 Å². The van der Waals surface area contributed by atoms with Gasteiger partial charge in [-0.25, -0.2) is 0 Å². The second-order valence-electron chi connectivity index (χ2n) is 4.02. The van der Waals surface area contributed by atoms with Gasteiger partial charge in [0.25, 0.3) is 0 Å². The number of hydrogen-bond acceptors (Lipinski definition) is 3. The minimum absolute atomic E-state index is 0.487. The third-order valence-corrected chi connectivity index (χ3v) is 2.03. The van der Waals surface area contributed by atoms with Gasteiger partial charge in [-0.05, 0) is 22.6 Å². The van der Waals surface area contributed by atoms with Crippen molar-refractivity contribution < 1.29 is 9.09 Å². The van der Waals surface area contributed by atoms with Crippen LogP contribution in [0.25, 0.3) is 0 Å². The summed E-state index contributed by atoms with van der Waals surface area (Å²) in [4.78, 5) is 2.08. The molecule has 16 heavy (non-hydrogen) atoms. The molecule has 0 fully saturated rings. The Hall–Kier alpha value is -0.920. The molecule has 0 spiro atoms. The van der Waals surface area contributed by atoms with Crippen LogP contribution in [-0.4, -0.2) is 20.7 Å². The molecule has 1 atom stereocenters. The summed E-state index contributed by atoms with van der Waals surface area (Å²) in [6.07, 6.45) is 0. The predicted molar refractivity (Wildman–Crippen MR) is 70.6 cm³/mol. The summed E-state index contributed by atoms with van der Waals surface area (Å²) < 4.78 is 14.2. The van der Waals surface area contributed by atoms with Crippen molar-refractivity contribution in [2.75, 3.05) is 25.6 Å². The van der Waals surface area contributed by atoms with Crippen LogP contribution in [0.2, 0.25) is 0 Å². The fourth-order valence-corrected chi connectivity index (χ4v) is 1.33. The fourth-order valence-electron chi connectivity index (χ4n) is 0.927. The number of benzene rings is 1. The zero-order valence-electron chi connectivity index (χ0n) is 10.4. The van der Waals surface area contributed by atoms with Gasteiger partial charge in [-0.1, -0.05) is 32.0 Å². The summed E-state index contributed by atoms with van der Waals surface area (Å²) in [5, 5.41) is 0. The molecule has 0 amide bonds. The van der Waals surface area contributed by atoms with Gasteiger partial charge in [0, 0.05) is 19.8 Å². The molecule has 1 rings (SSSR count). The summed E-state index contributed by atoms with van der Waals surface area (Å²) in [6, 6.07) is 10.3. The van der Waals surface area contributed by atoms with Gasteiger partial charge in [-0.2, -0.15) is 0 Å². The Morgan fingerprint density at radius 1 is 1.25 bits per heavy atom. The molecular formula is C12H21NO2P+. The highest BCUT2D eigenvalue weighted by molar-refractivity contribution is 7.17. The second-order valence-corrected chi connectivity index (χ2v) is 4.47. The monoisotopic (exact) mass is 242 g/mol. The first-order chi connectivity index (χ1) is 7.57. The van der Waals surface area contributed by atoms with E-state index < -0.39 is 8.69 Å². The van der Waals surface area contributed by atoms with Gasteiger partial charge in [-0.3, -0.25) is 0 Å². The summed E-state index contributed by atoms with van der Waals surface area (Å²) in [6.45, 7) is 4.63. The van der Waals surface area contributed by atoms with Crippen molar-refractivity contribution in [1.82, 2.24) is 0 Å². The number of nitrogens with zero attached hydrogens (tertiary/aromatic N) is 1. The zero-order valence-corrected chi connectivity index (χ0v) is 11.4. The van der Waals surface area contributed by atoms with E-state index in [0.717, 1.165) is 0 Å². The molecule has 0 aliphatic carbocycles. The van der Waals surface area contributed by atoms with E-state index in [1.54, 1.807) is 0 Å². The molecule has 0 aliphatic heterocycles. The van der Waals surface area contributed by atoms with E-state index in [-0.39, 0.29) is 0 Å². The summed E-state index contributed by atoms with van der Waals surface area (Å²) in [5.41, 5.74) is 1.25. The first-order valence-corrected chi connectivity index (χ1v) is 6.11. The molecule has 0 N–H and O–H groups in total. The maximum Gasteiger partial charge on any atom is 0.494 e. The average Bonchev–Trinajstić information content (AvgIpc) is 2.28. The fraction of sp³-hybridized carbons (Fsp3) is 0.500. The molecule has 90 valence electrons. The molecular weight excluding hydrogens is 221 g/mol. The highest BCUT2D eigenvalue weighted by Gasteiger charge is 1.95. The van der Waals surface area contributed by atoms with E-state index >= 15 is 0 Å². The molecule has 0 aromatic heterocycles. The van der Waals surface area contributed by atoms with E-state index in [9.17, 15) is 4.57 Å². The normalized spacial score (nSPS) is 9.81. The van der Waals surface area contributed by atoms with E-state index in [1.165, 1.54) is 5.69 Å². The van der Waals surface area contributed by atoms with E-state index in [4.69, 9.17) is 0 Å². The molecule has 0 radical (unpaired) electrons. The van der Waals surface area contributed by atoms with Gasteiger partial charge >= 0.3 is 8.69 Å². The predicted octanol–water partition coefficient (Wildman–Crippen LogP) is 3.35. The topological polar surface area (TPSA) is 29.5 Å². The third kappa shape index (κ3) is 8.39. The number of hydrogen-bond donors (Lipinski definition) is 0. The Morgan fingerprint density at radius 2 is 1.81 bits per heavy atom. The van der Waals surface area contributed by atoms with Crippen LogP contribution >= 0.6 is 8.69 Å². The van der Waals surface area contributed by atoms with Crippen molar-refractivity contribution in [1.29, 1.82) is 0 Å². The molecule has 1 aromatic carbocycles. The van der Waals surface area contributed by atoms with Gasteiger partial charge < -0.3 is 4.90 Å². The molecule has 0 aliphatic rings. The van der Waals surface area contributed by atoms with Crippen molar-refractivity contribution in [2.45, 2.75) is 13.8 Å². The molecule has 1 unspecified atom stereocenters. The van der Waals surface area contributed by atoms with Gasteiger partial charge in [0.2, 0.25) is 0 Å². The van der Waals surface area contributed by atoms with E-state index in [2.05, 4.69) is 21.6 Å². The Bertz CT molecular complexity index is 276. The van der Waals surface area contributed by atoms with Crippen LogP contribution in [0.3, 0.4) is 0 Å². The van der Waals surface area contributed by atoms with Gasteiger partial charge in [-0.15, -0.1) is 4.52 Å². The number of anilines is 1. The van der Waals surface area contributed by atoms with Gasteiger partial charge in [0.05, 0.1) is 0 Å². The van der Waals surface area contributed by atoms with Crippen molar-refractivity contribution in [3.63, 3.8) is 0 Å². The maximum absolute atomic E-state index is 9.64.